The standard InChI is InChI=1S/C19H19BrClNO2/c20-16-7-5-15(6-8-16)19(9-11-24-12-10-19)18(23)22-13-14-3-1-2-4-17(14)21/h1-8H,9-13H2,(H,22,23). The highest BCUT2D eigenvalue weighted by atomic mass is 79.9. The first-order valence-electron chi connectivity index (χ1n) is 7.97. The molecule has 1 aliphatic rings. The smallest absolute Gasteiger partial charge is 0.231 e. The van der Waals surface area contributed by atoms with Crippen molar-refractivity contribution in [3.8, 4) is 0 Å². The molecule has 1 aliphatic heterocycles. The van der Waals surface area contributed by atoms with Crippen molar-refractivity contribution in [3.63, 3.8) is 0 Å². The first kappa shape index (κ1) is 17.5. The number of ether oxygens (including phenoxy) is 1. The summed E-state index contributed by atoms with van der Waals surface area (Å²) in [7, 11) is 0. The molecule has 3 rings (SSSR count). The highest BCUT2D eigenvalue weighted by Crippen LogP contribution is 2.36. The number of amides is 1. The summed E-state index contributed by atoms with van der Waals surface area (Å²) in [6.07, 6.45) is 1.37. The molecule has 0 unspecified atom stereocenters. The van der Waals surface area contributed by atoms with Crippen LogP contribution < -0.4 is 5.32 Å². The Bertz CT molecular complexity index is 712. The zero-order valence-corrected chi connectivity index (χ0v) is 15.6. The van der Waals surface area contributed by atoms with Crippen LogP contribution in [0, 0.1) is 0 Å². The fourth-order valence-electron chi connectivity index (χ4n) is 3.12. The Hall–Kier alpha value is -1.36. The van der Waals surface area contributed by atoms with Gasteiger partial charge in [-0.1, -0.05) is 57.9 Å². The van der Waals surface area contributed by atoms with E-state index in [1.807, 2.05) is 48.5 Å². The monoisotopic (exact) mass is 407 g/mol. The second kappa shape index (κ2) is 7.68. The average Bonchev–Trinajstić information content (AvgIpc) is 2.62. The van der Waals surface area contributed by atoms with E-state index in [0.717, 1.165) is 15.6 Å². The molecular formula is C19H19BrClNO2. The minimum absolute atomic E-state index is 0.0352. The van der Waals surface area contributed by atoms with E-state index in [4.69, 9.17) is 16.3 Å². The lowest BCUT2D eigenvalue weighted by molar-refractivity contribution is -0.130. The summed E-state index contributed by atoms with van der Waals surface area (Å²) in [4.78, 5) is 13.1. The SMILES string of the molecule is O=C(NCc1ccccc1Cl)C1(c2ccc(Br)cc2)CCOCC1. The van der Waals surface area contributed by atoms with Gasteiger partial charge in [-0.15, -0.1) is 0 Å². The van der Waals surface area contributed by atoms with Crippen LogP contribution in [0.25, 0.3) is 0 Å². The molecule has 5 heteroatoms. The maximum atomic E-state index is 13.1. The van der Waals surface area contributed by atoms with Gasteiger partial charge in [0.25, 0.3) is 0 Å². The summed E-state index contributed by atoms with van der Waals surface area (Å²) in [5.41, 5.74) is 1.41. The van der Waals surface area contributed by atoms with E-state index in [9.17, 15) is 4.79 Å². The Kier molecular flexibility index (Phi) is 5.59. The Labute approximate surface area is 155 Å². The number of benzene rings is 2. The molecule has 3 nitrogen and oxygen atoms in total. The lowest BCUT2D eigenvalue weighted by Gasteiger charge is -2.36. The van der Waals surface area contributed by atoms with E-state index in [1.54, 1.807) is 0 Å². The number of nitrogens with one attached hydrogen (secondary N) is 1. The molecular weight excluding hydrogens is 390 g/mol. The largest absolute Gasteiger partial charge is 0.381 e. The van der Waals surface area contributed by atoms with Crippen LogP contribution in [0.4, 0.5) is 0 Å². The van der Waals surface area contributed by atoms with Gasteiger partial charge in [-0.2, -0.15) is 0 Å². The van der Waals surface area contributed by atoms with Crippen LogP contribution >= 0.6 is 27.5 Å². The quantitative estimate of drug-likeness (QED) is 0.811. The van der Waals surface area contributed by atoms with Crippen molar-refractivity contribution in [1.29, 1.82) is 0 Å². The van der Waals surface area contributed by atoms with Crippen molar-refractivity contribution < 1.29 is 9.53 Å². The number of carbonyl (C=O) groups is 1. The zero-order chi connectivity index (χ0) is 17.0. The topological polar surface area (TPSA) is 38.3 Å². The summed E-state index contributed by atoms with van der Waals surface area (Å²) < 4.78 is 6.50. The van der Waals surface area contributed by atoms with Crippen molar-refractivity contribution in [2.45, 2.75) is 24.8 Å². The summed E-state index contributed by atoms with van der Waals surface area (Å²) in [5, 5.41) is 3.74. The van der Waals surface area contributed by atoms with E-state index in [0.29, 0.717) is 37.6 Å². The summed E-state index contributed by atoms with van der Waals surface area (Å²) in [6, 6.07) is 15.6. The van der Waals surface area contributed by atoms with Crippen LogP contribution in [0.1, 0.15) is 24.0 Å². The van der Waals surface area contributed by atoms with Gasteiger partial charge < -0.3 is 10.1 Å². The Morgan fingerprint density at radius 1 is 1.12 bits per heavy atom. The molecule has 0 bridgehead atoms. The van der Waals surface area contributed by atoms with E-state index in [2.05, 4.69) is 21.2 Å². The number of halogens is 2. The number of hydrogen-bond donors (Lipinski definition) is 1. The van der Waals surface area contributed by atoms with Crippen LogP contribution in [0.15, 0.2) is 53.0 Å². The van der Waals surface area contributed by atoms with Gasteiger partial charge in [0.05, 0.1) is 5.41 Å². The van der Waals surface area contributed by atoms with Gasteiger partial charge in [-0.25, -0.2) is 0 Å². The molecule has 1 saturated heterocycles. The fraction of sp³-hybridized carbons (Fsp3) is 0.316. The molecule has 2 aromatic carbocycles. The van der Waals surface area contributed by atoms with E-state index in [1.165, 1.54) is 0 Å². The van der Waals surface area contributed by atoms with Crippen molar-refractivity contribution in [1.82, 2.24) is 5.32 Å². The van der Waals surface area contributed by atoms with Crippen LogP contribution in [-0.4, -0.2) is 19.1 Å². The molecule has 24 heavy (non-hydrogen) atoms. The van der Waals surface area contributed by atoms with Crippen molar-refractivity contribution in [2.24, 2.45) is 0 Å². The molecule has 0 spiro atoms. The third-order valence-electron chi connectivity index (χ3n) is 4.58. The highest BCUT2D eigenvalue weighted by Gasteiger charge is 2.41. The average molecular weight is 409 g/mol. The second-order valence-corrected chi connectivity index (χ2v) is 7.30. The van der Waals surface area contributed by atoms with Crippen LogP contribution in [0.2, 0.25) is 5.02 Å². The molecule has 1 amide bonds. The van der Waals surface area contributed by atoms with Gasteiger partial charge in [0.15, 0.2) is 0 Å². The van der Waals surface area contributed by atoms with Gasteiger partial charge in [0, 0.05) is 29.3 Å². The van der Waals surface area contributed by atoms with Crippen molar-refractivity contribution in [2.75, 3.05) is 13.2 Å². The summed E-state index contributed by atoms with van der Waals surface area (Å²) in [6.45, 7) is 1.61. The summed E-state index contributed by atoms with van der Waals surface area (Å²) >= 11 is 9.64. The minimum Gasteiger partial charge on any atom is -0.381 e. The molecule has 1 fully saturated rings. The molecule has 2 aromatic rings. The molecule has 0 radical (unpaired) electrons. The van der Waals surface area contributed by atoms with Crippen molar-refractivity contribution >= 4 is 33.4 Å². The second-order valence-electron chi connectivity index (χ2n) is 5.98. The molecule has 0 aromatic heterocycles. The molecule has 0 atom stereocenters. The molecule has 1 N–H and O–H groups in total. The Morgan fingerprint density at radius 3 is 2.46 bits per heavy atom. The Balaban J connectivity index is 1.82. The molecule has 0 saturated carbocycles. The van der Waals surface area contributed by atoms with Gasteiger partial charge in [0.1, 0.15) is 0 Å². The first-order valence-corrected chi connectivity index (χ1v) is 9.14. The third-order valence-corrected chi connectivity index (χ3v) is 5.47. The highest BCUT2D eigenvalue weighted by molar-refractivity contribution is 9.10. The summed E-state index contributed by atoms with van der Waals surface area (Å²) in [5.74, 6) is 0.0352. The van der Waals surface area contributed by atoms with E-state index >= 15 is 0 Å². The Morgan fingerprint density at radius 2 is 1.79 bits per heavy atom. The van der Waals surface area contributed by atoms with E-state index in [-0.39, 0.29) is 5.91 Å². The van der Waals surface area contributed by atoms with Gasteiger partial charge in [-0.3, -0.25) is 4.79 Å². The minimum atomic E-state index is -0.541. The third kappa shape index (κ3) is 3.66. The lowest BCUT2D eigenvalue weighted by Crippen LogP contribution is -2.47. The van der Waals surface area contributed by atoms with Gasteiger partial charge >= 0.3 is 0 Å². The van der Waals surface area contributed by atoms with Gasteiger partial charge in [-0.05, 0) is 42.2 Å². The van der Waals surface area contributed by atoms with Crippen LogP contribution in [0.5, 0.6) is 0 Å². The maximum absolute atomic E-state index is 13.1. The zero-order valence-electron chi connectivity index (χ0n) is 13.2. The van der Waals surface area contributed by atoms with E-state index < -0.39 is 5.41 Å². The first-order chi connectivity index (χ1) is 11.6. The van der Waals surface area contributed by atoms with Crippen molar-refractivity contribution in [3.05, 3.63) is 69.2 Å². The van der Waals surface area contributed by atoms with Gasteiger partial charge in [0.2, 0.25) is 5.91 Å². The number of rotatable bonds is 4. The van der Waals surface area contributed by atoms with Crippen LogP contribution in [-0.2, 0) is 21.5 Å². The normalized spacial score (nSPS) is 16.6. The predicted molar refractivity (Wildman–Crippen MR) is 99.2 cm³/mol. The molecule has 0 aliphatic carbocycles. The number of carbonyl (C=O) groups excluding carboxylic acids is 1. The lowest BCUT2D eigenvalue weighted by atomic mass is 9.73. The predicted octanol–water partition coefficient (Wildman–Crippen LogP) is 4.47. The maximum Gasteiger partial charge on any atom is 0.231 e. The molecule has 1 heterocycles. The van der Waals surface area contributed by atoms with Crippen LogP contribution in [0.3, 0.4) is 0 Å². The fourth-order valence-corrected chi connectivity index (χ4v) is 3.59. The molecule has 126 valence electrons. The number of hydrogen-bond acceptors (Lipinski definition) is 2.